The van der Waals surface area contributed by atoms with Crippen LogP contribution in [0.1, 0.15) is 49.4 Å². The SMILES string of the molecule is CCc1onc(-c2ccc(C(C)(C)C)cc2)c1C(=O)O. The van der Waals surface area contributed by atoms with Crippen LogP contribution in [0, 0.1) is 0 Å². The summed E-state index contributed by atoms with van der Waals surface area (Å²) in [5, 5.41) is 13.2. The monoisotopic (exact) mass is 273 g/mol. The van der Waals surface area contributed by atoms with E-state index < -0.39 is 5.97 Å². The van der Waals surface area contributed by atoms with Crippen molar-refractivity contribution >= 4 is 5.97 Å². The number of carboxylic acids is 1. The second-order valence-corrected chi connectivity index (χ2v) is 5.82. The normalized spacial score (nSPS) is 11.6. The lowest BCUT2D eigenvalue weighted by Crippen LogP contribution is -2.10. The van der Waals surface area contributed by atoms with Gasteiger partial charge in [0.15, 0.2) is 5.76 Å². The van der Waals surface area contributed by atoms with Gasteiger partial charge in [-0.25, -0.2) is 4.79 Å². The highest BCUT2D eigenvalue weighted by atomic mass is 16.5. The fraction of sp³-hybridized carbons (Fsp3) is 0.375. The Morgan fingerprint density at radius 1 is 1.25 bits per heavy atom. The first-order chi connectivity index (χ1) is 9.34. The molecule has 0 radical (unpaired) electrons. The molecule has 0 aliphatic rings. The zero-order valence-electron chi connectivity index (χ0n) is 12.2. The van der Waals surface area contributed by atoms with Gasteiger partial charge in [-0.2, -0.15) is 0 Å². The third-order valence-electron chi connectivity index (χ3n) is 3.32. The fourth-order valence-electron chi connectivity index (χ4n) is 2.11. The Hall–Kier alpha value is -2.10. The maximum absolute atomic E-state index is 11.4. The molecular formula is C16H19NO3. The van der Waals surface area contributed by atoms with Crippen molar-refractivity contribution in [2.75, 3.05) is 0 Å². The molecule has 2 rings (SSSR count). The average Bonchev–Trinajstić information content (AvgIpc) is 2.81. The second kappa shape index (κ2) is 5.12. The van der Waals surface area contributed by atoms with Crippen molar-refractivity contribution in [1.29, 1.82) is 0 Å². The summed E-state index contributed by atoms with van der Waals surface area (Å²) in [4.78, 5) is 11.4. The third kappa shape index (κ3) is 2.59. The van der Waals surface area contributed by atoms with Gasteiger partial charge in [-0.15, -0.1) is 0 Å². The van der Waals surface area contributed by atoms with Gasteiger partial charge in [0.2, 0.25) is 0 Å². The number of hydrogen-bond acceptors (Lipinski definition) is 3. The second-order valence-electron chi connectivity index (χ2n) is 5.82. The molecule has 0 fully saturated rings. The molecular weight excluding hydrogens is 254 g/mol. The molecule has 4 heteroatoms. The smallest absolute Gasteiger partial charge is 0.341 e. The predicted octanol–water partition coefficient (Wildman–Crippen LogP) is 3.90. The van der Waals surface area contributed by atoms with Crippen LogP contribution in [0.15, 0.2) is 28.8 Å². The van der Waals surface area contributed by atoms with E-state index in [4.69, 9.17) is 4.52 Å². The summed E-state index contributed by atoms with van der Waals surface area (Å²) in [7, 11) is 0. The number of aryl methyl sites for hydroxylation is 1. The molecule has 2 aromatic rings. The van der Waals surface area contributed by atoms with Crippen LogP contribution < -0.4 is 0 Å². The van der Waals surface area contributed by atoms with Crippen LogP contribution in [0.2, 0.25) is 0 Å². The molecule has 1 aromatic carbocycles. The molecule has 0 spiro atoms. The Morgan fingerprint density at radius 3 is 2.30 bits per heavy atom. The molecule has 0 amide bonds. The van der Waals surface area contributed by atoms with Gasteiger partial charge in [-0.3, -0.25) is 0 Å². The number of aromatic nitrogens is 1. The highest BCUT2D eigenvalue weighted by Crippen LogP contribution is 2.29. The molecule has 0 unspecified atom stereocenters. The van der Waals surface area contributed by atoms with Crippen molar-refractivity contribution in [2.45, 2.75) is 39.5 Å². The number of rotatable bonds is 3. The van der Waals surface area contributed by atoms with E-state index in [0.717, 1.165) is 5.56 Å². The van der Waals surface area contributed by atoms with E-state index in [2.05, 4.69) is 25.9 Å². The summed E-state index contributed by atoms with van der Waals surface area (Å²) in [6.07, 6.45) is 0.509. The zero-order valence-corrected chi connectivity index (χ0v) is 12.2. The fourth-order valence-corrected chi connectivity index (χ4v) is 2.11. The van der Waals surface area contributed by atoms with Crippen LogP contribution in [-0.4, -0.2) is 16.2 Å². The summed E-state index contributed by atoms with van der Waals surface area (Å²) in [6, 6.07) is 7.79. The van der Waals surface area contributed by atoms with Gasteiger partial charge in [-0.05, 0) is 11.0 Å². The van der Waals surface area contributed by atoms with E-state index in [-0.39, 0.29) is 11.0 Å². The van der Waals surface area contributed by atoms with Gasteiger partial charge in [0.1, 0.15) is 11.3 Å². The van der Waals surface area contributed by atoms with Gasteiger partial charge in [0.25, 0.3) is 0 Å². The van der Waals surface area contributed by atoms with Crippen LogP contribution >= 0.6 is 0 Å². The van der Waals surface area contributed by atoms with Crippen LogP contribution in [0.25, 0.3) is 11.3 Å². The Balaban J connectivity index is 2.47. The standard InChI is InChI=1S/C16H19NO3/c1-5-12-13(15(18)19)14(17-20-12)10-6-8-11(9-7-10)16(2,3)4/h6-9H,5H2,1-4H3,(H,18,19). The molecule has 0 saturated heterocycles. The molecule has 20 heavy (non-hydrogen) atoms. The Labute approximate surface area is 118 Å². The largest absolute Gasteiger partial charge is 0.477 e. The molecule has 0 aliphatic carbocycles. The number of nitrogens with zero attached hydrogens (tertiary/aromatic N) is 1. The number of benzene rings is 1. The molecule has 1 heterocycles. The third-order valence-corrected chi connectivity index (χ3v) is 3.32. The lowest BCUT2D eigenvalue weighted by Gasteiger charge is -2.18. The summed E-state index contributed by atoms with van der Waals surface area (Å²) >= 11 is 0. The summed E-state index contributed by atoms with van der Waals surface area (Å²) < 4.78 is 5.13. The first kappa shape index (κ1) is 14.3. The first-order valence-corrected chi connectivity index (χ1v) is 6.67. The van der Waals surface area contributed by atoms with Gasteiger partial charge in [0.05, 0.1) is 0 Å². The Bertz CT molecular complexity index is 618. The van der Waals surface area contributed by atoms with E-state index in [1.54, 1.807) is 0 Å². The van der Waals surface area contributed by atoms with Crippen LogP contribution in [0.3, 0.4) is 0 Å². The minimum Gasteiger partial charge on any atom is -0.477 e. The lowest BCUT2D eigenvalue weighted by atomic mass is 9.86. The number of carbonyl (C=O) groups is 1. The van der Waals surface area contributed by atoms with Crippen molar-refractivity contribution in [3.8, 4) is 11.3 Å². The van der Waals surface area contributed by atoms with Crippen molar-refractivity contribution < 1.29 is 14.4 Å². The highest BCUT2D eigenvalue weighted by Gasteiger charge is 2.22. The Morgan fingerprint density at radius 2 is 1.85 bits per heavy atom. The van der Waals surface area contributed by atoms with E-state index in [0.29, 0.717) is 17.9 Å². The van der Waals surface area contributed by atoms with E-state index >= 15 is 0 Å². The van der Waals surface area contributed by atoms with Crippen LogP contribution in [0.5, 0.6) is 0 Å². The predicted molar refractivity (Wildman–Crippen MR) is 77.0 cm³/mol. The molecule has 0 atom stereocenters. The van der Waals surface area contributed by atoms with Gasteiger partial charge < -0.3 is 9.63 Å². The van der Waals surface area contributed by atoms with Crippen molar-refractivity contribution in [2.24, 2.45) is 0 Å². The van der Waals surface area contributed by atoms with Crippen LogP contribution in [-0.2, 0) is 11.8 Å². The van der Waals surface area contributed by atoms with Crippen molar-refractivity contribution in [3.63, 3.8) is 0 Å². The summed E-state index contributed by atoms with van der Waals surface area (Å²) in [6.45, 7) is 8.25. The zero-order chi connectivity index (χ0) is 14.9. The molecule has 1 aromatic heterocycles. The summed E-state index contributed by atoms with van der Waals surface area (Å²) in [5.41, 5.74) is 2.58. The molecule has 4 nitrogen and oxygen atoms in total. The molecule has 1 N–H and O–H groups in total. The minimum absolute atomic E-state index is 0.0621. The van der Waals surface area contributed by atoms with Gasteiger partial charge in [0, 0.05) is 12.0 Å². The lowest BCUT2D eigenvalue weighted by molar-refractivity contribution is 0.0695. The molecule has 0 saturated carbocycles. The van der Waals surface area contributed by atoms with E-state index in [9.17, 15) is 9.90 Å². The average molecular weight is 273 g/mol. The minimum atomic E-state index is -1.00. The van der Waals surface area contributed by atoms with Gasteiger partial charge in [-0.1, -0.05) is 57.1 Å². The number of hydrogen-bond donors (Lipinski definition) is 1. The van der Waals surface area contributed by atoms with Crippen molar-refractivity contribution in [1.82, 2.24) is 5.16 Å². The first-order valence-electron chi connectivity index (χ1n) is 6.67. The van der Waals surface area contributed by atoms with E-state index in [1.807, 2.05) is 31.2 Å². The molecule has 0 aliphatic heterocycles. The summed E-state index contributed by atoms with van der Waals surface area (Å²) in [5.74, 6) is -0.592. The molecule has 106 valence electrons. The topological polar surface area (TPSA) is 63.3 Å². The van der Waals surface area contributed by atoms with Crippen molar-refractivity contribution in [3.05, 3.63) is 41.2 Å². The van der Waals surface area contributed by atoms with Crippen LogP contribution in [0.4, 0.5) is 0 Å². The molecule has 0 bridgehead atoms. The maximum atomic E-state index is 11.4. The van der Waals surface area contributed by atoms with E-state index in [1.165, 1.54) is 5.56 Å². The Kier molecular flexibility index (Phi) is 3.66. The highest BCUT2D eigenvalue weighted by molar-refractivity contribution is 5.95. The quantitative estimate of drug-likeness (QED) is 0.921. The number of aromatic carboxylic acids is 1. The maximum Gasteiger partial charge on any atom is 0.341 e. The number of carboxylic acid groups (broad SMARTS) is 1. The van der Waals surface area contributed by atoms with Gasteiger partial charge >= 0.3 is 5.97 Å².